The highest BCUT2D eigenvalue weighted by molar-refractivity contribution is 5.28. The van der Waals surface area contributed by atoms with Gasteiger partial charge in [0.25, 0.3) is 0 Å². The number of halogens is 2. The van der Waals surface area contributed by atoms with E-state index in [9.17, 15) is 8.78 Å². The van der Waals surface area contributed by atoms with E-state index in [2.05, 4.69) is 4.98 Å². The Hall–Kier alpha value is -1.03. The summed E-state index contributed by atoms with van der Waals surface area (Å²) in [6, 6.07) is 3.57. The number of aromatic nitrogens is 1. The Balaban J connectivity index is 2.25. The smallest absolute Gasteiger partial charge is 0.250 e. The van der Waals surface area contributed by atoms with E-state index in [0.29, 0.717) is 0 Å². The highest BCUT2D eigenvalue weighted by atomic mass is 19.3. The first-order valence-electron chi connectivity index (χ1n) is 4.56. The predicted octanol–water partition coefficient (Wildman–Crippen LogP) is 1.71. The summed E-state index contributed by atoms with van der Waals surface area (Å²) in [5, 5.41) is 0. The summed E-state index contributed by atoms with van der Waals surface area (Å²) in [6.45, 7) is 0.258. The molecule has 0 bridgehead atoms. The van der Waals surface area contributed by atoms with Gasteiger partial charge in [-0.2, -0.15) is 0 Å². The van der Waals surface area contributed by atoms with Crippen LogP contribution in [0.1, 0.15) is 18.4 Å². The average molecular weight is 198 g/mol. The van der Waals surface area contributed by atoms with Crippen LogP contribution in [0.4, 0.5) is 8.78 Å². The molecule has 0 amide bonds. The predicted molar refractivity (Wildman–Crippen MR) is 49.2 cm³/mol. The van der Waals surface area contributed by atoms with E-state index in [-0.39, 0.29) is 19.4 Å². The van der Waals surface area contributed by atoms with Gasteiger partial charge < -0.3 is 5.73 Å². The lowest BCUT2D eigenvalue weighted by molar-refractivity contribution is -0.123. The van der Waals surface area contributed by atoms with Gasteiger partial charge in [-0.15, -0.1) is 0 Å². The summed E-state index contributed by atoms with van der Waals surface area (Å²) >= 11 is 0. The van der Waals surface area contributed by atoms with E-state index in [1.807, 2.05) is 6.07 Å². The molecule has 76 valence electrons. The van der Waals surface area contributed by atoms with Crippen LogP contribution in [0.15, 0.2) is 24.5 Å². The maximum absolute atomic E-state index is 12.8. The molecular weight excluding hydrogens is 186 g/mol. The van der Waals surface area contributed by atoms with Crippen molar-refractivity contribution in [2.45, 2.75) is 24.2 Å². The van der Waals surface area contributed by atoms with Crippen LogP contribution in [0.25, 0.3) is 0 Å². The molecule has 1 heterocycles. The molecule has 2 rings (SSSR count). The Labute approximate surface area is 81.1 Å². The standard InChI is InChI=1S/C10H12F2N2/c11-10(12)5-9(6-10,7-13)8-2-1-3-14-4-8/h1-4H,5-7,13H2. The lowest BCUT2D eigenvalue weighted by Gasteiger charge is -2.46. The van der Waals surface area contributed by atoms with Crippen molar-refractivity contribution in [2.75, 3.05) is 6.54 Å². The van der Waals surface area contributed by atoms with Gasteiger partial charge in [0.15, 0.2) is 0 Å². The van der Waals surface area contributed by atoms with Crippen molar-refractivity contribution in [3.8, 4) is 0 Å². The third kappa shape index (κ3) is 1.39. The highest BCUT2D eigenvalue weighted by Gasteiger charge is 2.56. The van der Waals surface area contributed by atoms with Crippen molar-refractivity contribution in [3.05, 3.63) is 30.1 Å². The van der Waals surface area contributed by atoms with Crippen LogP contribution in [0.2, 0.25) is 0 Å². The molecule has 1 saturated carbocycles. The fourth-order valence-corrected chi connectivity index (χ4v) is 2.08. The fourth-order valence-electron chi connectivity index (χ4n) is 2.08. The number of nitrogens with two attached hydrogens (primary N) is 1. The first-order valence-corrected chi connectivity index (χ1v) is 4.56. The molecule has 1 aliphatic rings. The largest absolute Gasteiger partial charge is 0.330 e. The summed E-state index contributed by atoms with van der Waals surface area (Å²) in [6.07, 6.45) is 2.96. The third-order valence-electron chi connectivity index (χ3n) is 2.86. The van der Waals surface area contributed by atoms with Gasteiger partial charge >= 0.3 is 0 Å². The molecule has 0 saturated heterocycles. The second-order valence-corrected chi connectivity index (χ2v) is 3.94. The Morgan fingerprint density at radius 3 is 2.57 bits per heavy atom. The van der Waals surface area contributed by atoms with Crippen LogP contribution in [0.5, 0.6) is 0 Å². The Morgan fingerprint density at radius 2 is 2.14 bits per heavy atom. The molecule has 1 fully saturated rings. The average Bonchev–Trinajstić information content (AvgIpc) is 2.15. The molecule has 1 aliphatic carbocycles. The molecule has 1 aromatic heterocycles. The van der Waals surface area contributed by atoms with E-state index in [1.165, 1.54) is 0 Å². The van der Waals surface area contributed by atoms with Crippen LogP contribution in [-0.4, -0.2) is 17.5 Å². The molecule has 1 aromatic rings. The SMILES string of the molecule is NCC1(c2cccnc2)CC(F)(F)C1. The molecule has 0 aromatic carbocycles. The lowest BCUT2D eigenvalue weighted by atomic mass is 9.62. The maximum Gasteiger partial charge on any atom is 0.250 e. The van der Waals surface area contributed by atoms with Crippen LogP contribution in [0.3, 0.4) is 0 Å². The lowest BCUT2D eigenvalue weighted by Crippen LogP contribution is -2.53. The normalized spacial score (nSPS) is 22.8. The monoisotopic (exact) mass is 198 g/mol. The van der Waals surface area contributed by atoms with Crippen LogP contribution in [0, 0.1) is 0 Å². The van der Waals surface area contributed by atoms with Crippen molar-refractivity contribution in [1.82, 2.24) is 4.98 Å². The van der Waals surface area contributed by atoms with Crippen molar-refractivity contribution < 1.29 is 8.78 Å². The van der Waals surface area contributed by atoms with Crippen molar-refractivity contribution >= 4 is 0 Å². The first-order chi connectivity index (χ1) is 6.58. The van der Waals surface area contributed by atoms with Crippen molar-refractivity contribution in [2.24, 2.45) is 5.73 Å². The molecule has 0 aliphatic heterocycles. The van der Waals surface area contributed by atoms with E-state index in [4.69, 9.17) is 5.73 Å². The number of hydrogen-bond acceptors (Lipinski definition) is 2. The van der Waals surface area contributed by atoms with Crippen molar-refractivity contribution in [1.29, 1.82) is 0 Å². The molecule has 0 atom stereocenters. The van der Waals surface area contributed by atoms with Gasteiger partial charge in [0.1, 0.15) is 0 Å². The summed E-state index contributed by atoms with van der Waals surface area (Å²) in [5.41, 5.74) is 5.84. The second kappa shape index (κ2) is 2.98. The quantitative estimate of drug-likeness (QED) is 0.785. The molecule has 4 heteroatoms. The molecule has 2 nitrogen and oxygen atoms in total. The van der Waals surface area contributed by atoms with Crippen LogP contribution < -0.4 is 5.73 Å². The van der Waals surface area contributed by atoms with Gasteiger partial charge in [-0.05, 0) is 11.6 Å². The number of hydrogen-bond donors (Lipinski definition) is 1. The Kier molecular flexibility index (Phi) is 2.03. The van der Waals surface area contributed by atoms with Crippen LogP contribution in [-0.2, 0) is 5.41 Å². The van der Waals surface area contributed by atoms with Gasteiger partial charge in [0.2, 0.25) is 5.92 Å². The van der Waals surface area contributed by atoms with E-state index < -0.39 is 11.3 Å². The van der Waals surface area contributed by atoms with Crippen LogP contribution >= 0.6 is 0 Å². The molecular formula is C10H12F2N2. The zero-order valence-corrected chi connectivity index (χ0v) is 7.71. The minimum absolute atomic E-state index is 0.151. The second-order valence-electron chi connectivity index (χ2n) is 3.94. The summed E-state index contributed by atoms with van der Waals surface area (Å²) in [5.74, 6) is -2.55. The molecule has 14 heavy (non-hydrogen) atoms. The van der Waals surface area contributed by atoms with E-state index in [0.717, 1.165) is 5.56 Å². The van der Waals surface area contributed by atoms with E-state index in [1.54, 1.807) is 18.5 Å². The minimum atomic E-state index is -2.55. The number of rotatable bonds is 2. The first kappa shape index (κ1) is 9.52. The van der Waals surface area contributed by atoms with Gasteiger partial charge in [-0.1, -0.05) is 6.07 Å². The fraction of sp³-hybridized carbons (Fsp3) is 0.500. The third-order valence-corrected chi connectivity index (χ3v) is 2.86. The van der Waals surface area contributed by atoms with Gasteiger partial charge in [-0.3, -0.25) is 4.98 Å². The number of nitrogens with zero attached hydrogens (tertiary/aromatic N) is 1. The molecule has 0 radical (unpaired) electrons. The zero-order chi connectivity index (χ0) is 10.2. The van der Waals surface area contributed by atoms with E-state index >= 15 is 0 Å². The molecule has 0 unspecified atom stereocenters. The van der Waals surface area contributed by atoms with Gasteiger partial charge in [-0.25, -0.2) is 8.78 Å². The Bertz CT molecular complexity index is 316. The Morgan fingerprint density at radius 1 is 1.43 bits per heavy atom. The number of alkyl halides is 2. The zero-order valence-electron chi connectivity index (χ0n) is 7.71. The summed E-state index contributed by atoms with van der Waals surface area (Å²) < 4.78 is 25.7. The minimum Gasteiger partial charge on any atom is -0.330 e. The summed E-state index contributed by atoms with van der Waals surface area (Å²) in [7, 11) is 0. The topological polar surface area (TPSA) is 38.9 Å². The van der Waals surface area contributed by atoms with Gasteiger partial charge in [0, 0.05) is 37.2 Å². The highest BCUT2D eigenvalue weighted by Crippen LogP contribution is 2.52. The van der Waals surface area contributed by atoms with Crippen molar-refractivity contribution in [3.63, 3.8) is 0 Å². The maximum atomic E-state index is 12.8. The number of pyridine rings is 1. The molecule has 2 N–H and O–H groups in total. The van der Waals surface area contributed by atoms with Gasteiger partial charge in [0.05, 0.1) is 0 Å². The summed E-state index contributed by atoms with van der Waals surface area (Å²) in [4.78, 5) is 3.93. The molecule has 0 spiro atoms.